The maximum atomic E-state index is 13.5. The van der Waals surface area contributed by atoms with Crippen LogP contribution in [0.2, 0.25) is 16.6 Å². The summed E-state index contributed by atoms with van der Waals surface area (Å²) in [4.78, 5) is 40.7. The van der Waals surface area contributed by atoms with Crippen LogP contribution in [0.4, 0.5) is 0 Å². The number of nitrogens with one attached hydrogen (secondary N) is 1. The Morgan fingerprint density at radius 1 is 0.845 bits per heavy atom. The molecule has 3 aliphatic heterocycles. The third-order valence-corrected chi connectivity index (χ3v) is 21.3. The van der Waals surface area contributed by atoms with E-state index >= 15 is 0 Å². The van der Waals surface area contributed by atoms with Crippen molar-refractivity contribution in [1.82, 2.24) is 14.9 Å². The zero-order chi connectivity index (χ0) is 51.6. The van der Waals surface area contributed by atoms with Crippen LogP contribution < -0.4 is 14.8 Å². The zero-order valence-corrected chi connectivity index (χ0v) is 45.3. The second-order valence-corrected chi connectivity index (χ2v) is 26.1. The Balaban J connectivity index is 1.54. The van der Waals surface area contributed by atoms with E-state index in [0.717, 1.165) is 16.7 Å². The molecule has 6 atom stereocenters. The highest BCUT2D eigenvalue weighted by Gasteiger charge is 2.55. The molecule has 1 fully saturated rings. The van der Waals surface area contributed by atoms with E-state index in [2.05, 4.69) is 100 Å². The number of hydrogen-bond acceptors (Lipinski definition) is 15. The summed E-state index contributed by atoms with van der Waals surface area (Å²) in [5, 5.41) is 12.2. The standard InChI is InChI=1S/C52H72N7O10PSi/c1-33(2)59(34(3)4)70(66-29-17-28-53)69-46-44(30-65-52(39-18-15-14-16-19-39,40-20-24-42(62-12)25-21-40)41-22-26-43(63-13)27-23-41)68-50(47(46)64-32-67-71(35(5)6,36(7)8)37(9)10)58-31-54-45-48(58)56-51(55-38(11)60)57-49(45)61/h14-16,18-27,31,33-37,44-47,50H,17,29-30,32H2,1-13H3,(H,55,57,60,61)/t44-,45?,46-,47-,50-,70?/m1/s1. The molecular formula is C52H72N7O10PSi. The van der Waals surface area contributed by atoms with Crippen LogP contribution in [-0.4, -0.2) is 125 Å². The van der Waals surface area contributed by atoms with Crippen molar-refractivity contribution in [3.63, 3.8) is 0 Å². The molecule has 6 rings (SSSR count). The van der Waals surface area contributed by atoms with Gasteiger partial charge in [-0.3, -0.25) is 24.8 Å². The van der Waals surface area contributed by atoms with E-state index in [9.17, 15) is 14.9 Å². The number of guanidine groups is 1. The van der Waals surface area contributed by atoms with Gasteiger partial charge in [-0.05, 0) is 85.3 Å². The molecule has 71 heavy (non-hydrogen) atoms. The van der Waals surface area contributed by atoms with E-state index in [1.165, 1.54) is 13.3 Å². The Kier molecular flexibility index (Phi) is 19.2. The molecule has 2 unspecified atom stereocenters. The fraction of sp³-hybridized carbons (Fsp3) is 0.538. The lowest BCUT2D eigenvalue weighted by molar-refractivity contribution is -0.118. The van der Waals surface area contributed by atoms with Gasteiger partial charge in [-0.15, -0.1) is 0 Å². The summed E-state index contributed by atoms with van der Waals surface area (Å²) in [5.41, 5.74) is 1.97. The normalized spacial score (nSPS) is 20.8. The lowest BCUT2D eigenvalue weighted by atomic mass is 9.80. The molecule has 3 aromatic rings. The quantitative estimate of drug-likeness (QED) is 0.0295. The highest BCUT2D eigenvalue weighted by Crippen LogP contribution is 2.51. The number of ether oxygens (including phenoxy) is 5. The molecule has 0 spiro atoms. The van der Waals surface area contributed by atoms with Crippen LogP contribution in [0, 0.1) is 11.3 Å². The molecule has 0 saturated carbocycles. The first kappa shape index (κ1) is 55.4. The largest absolute Gasteiger partial charge is 0.497 e. The van der Waals surface area contributed by atoms with Crippen LogP contribution in [-0.2, 0) is 42.9 Å². The lowest BCUT2D eigenvalue weighted by Crippen LogP contribution is -2.52. The van der Waals surface area contributed by atoms with Crippen molar-refractivity contribution in [3.8, 4) is 17.6 Å². The van der Waals surface area contributed by atoms with Crippen LogP contribution in [0.1, 0.15) is 99.3 Å². The minimum Gasteiger partial charge on any atom is -0.497 e. The maximum Gasteiger partial charge on any atom is 0.281 e. The van der Waals surface area contributed by atoms with Gasteiger partial charge in [-0.1, -0.05) is 96.1 Å². The number of aliphatic imine (C=N–C) groups is 3. The topological polar surface area (TPSA) is 187 Å². The fourth-order valence-corrected chi connectivity index (χ4v) is 17.2. The van der Waals surface area contributed by atoms with Gasteiger partial charge >= 0.3 is 0 Å². The Bertz CT molecular complexity index is 2300. The predicted molar refractivity (Wildman–Crippen MR) is 277 cm³/mol. The minimum absolute atomic E-state index is 0.0371. The van der Waals surface area contributed by atoms with E-state index in [-0.39, 0.29) is 66.9 Å². The fourth-order valence-electron chi connectivity index (χ4n) is 10.2. The highest BCUT2D eigenvalue weighted by molar-refractivity contribution is 7.44. The van der Waals surface area contributed by atoms with E-state index in [1.807, 2.05) is 78.9 Å². The number of nitriles is 1. The van der Waals surface area contributed by atoms with E-state index in [1.54, 1.807) is 19.1 Å². The molecule has 0 aliphatic carbocycles. The predicted octanol–water partition coefficient (Wildman–Crippen LogP) is 9.08. The molecule has 1 N–H and O–H groups in total. The number of fused-ring (bicyclic) bond motifs is 1. The first-order chi connectivity index (χ1) is 33.9. The first-order valence-electron chi connectivity index (χ1n) is 24.4. The Hall–Kier alpha value is -4.93. The molecule has 384 valence electrons. The molecule has 17 nitrogen and oxygen atoms in total. The second-order valence-electron chi connectivity index (χ2n) is 19.2. The summed E-state index contributed by atoms with van der Waals surface area (Å²) >= 11 is 0. The van der Waals surface area contributed by atoms with Gasteiger partial charge in [0.15, 0.2) is 18.1 Å². The average molecular weight is 1010 g/mol. The van der Waals surface area contributed by atoms with Gasteiger partial charge < -0.3 is 37.2 Å². The summed E-state index contributed by atoms with van der Waals surface area (Å²) < 4.78 is 56.2. The number of carbonyl (C=O) groups excluding carboxylic acids is 2. The minimum atomic E-state index is -2.49. The Morgan fingerprint density at radius 2 is 1.41 bits per heavy atom. The third-order valence-electron chi connectivity index (χ3n) is 13.2. The van der Waals surface area contributed by atoms with Gasteiger partial charge in [0.2, 0.25) is 20.2 Å². The third kappa shape index (κ3) is 12.1. The molecule has 3 heterocycles. The molecule has 0 radical (unpaired) electrons. The molecule has 2 amide bonds. The number of benzene rings is 3. The lowest BCUT2D eigenvalue weighted by Gasteiger charge is -2.42. The molecule has 0 aromatic heterocycles. The number of amides is 2. The number of hydrogen-bond donors (Lipinski definition) is 1. The van der Waals surface area contributed by atoms with Crippen LogP contribution >= 0.6 is 8.53 Å². The molecular weight excluding hydrogens is 942 g/mol. The van der Waals surface area contributed by atoms with Crippen molar-refractivity contribution in [2.45, 2.75) is 147 Å². The SMILES string of the molecule is COc1ccc(C(OC[C@H]2O[C@@H](N3C=NC4C(=O)N=C(NC(C)=O)N=C43)[C@H](OCO[Si](C(C)C)(C(C)C)C(C)C)[C@@H]2OP(OCCC#N)N(C(C)C)C(C)C)(c2ccccc2)c2ccc(OC)cc2)cc1. The van der Waals surface area contributed by atoms with Crippen molar-refractivity contribution in [2.75, 3.05) is 34.2 Å². The molecule has 3 aliphatic rings. The number of methoxy groups -OCH3 is 2. The number of carbonyl (C=O) groups is 2. The smallest absolute Gasteiger partial charge is 0.281 e. The molecule has 1 saturated heterocycles. The van der Waals surface area contributed by atoms with Crippen molar-refractivity contribution in [2.24, 2.45) is 15.0 Å². The molecule has 3 aromatic carbocycles. The van der Waals surface area contributed by atoms with Crippen LogP contribution in [0.3, 0.4) is 0 Å². The van der Waals surface area contributed by atoms with E-state index in [0.29, 0.717) is 11.5 Å². The maximum absolute atomic E-state index is 13.5. The Morgan fingerprint density at radius 3 is 1.92 bits per heavy atom. The first-order valence-corrected chi connectivity index (χ1v) is 27.6. The van der Waals surface area contributed by atoms with Crippen molar-refractivity contribution < 1.29 is 46.7 Å². The summed E-state index contributed by atoms with van der Waals surface area (Å²) in [7, 11) is -1.14. The van der Waals surface area contributed by atoms with Crippen molar-refractivity contribution >= 4 is 46.8 Å². The number of nitrogens with zero attached hydrogens (tertiary/aromatic N) is 6. The summed E-state index contributed by atoms with van der Waals surface area (Å²) in [6.07, 6.45) is -2.22. The summed E-state index contributed by atoms with van der Waals surface area (Å²) in [5.74, 6) is 0.331. The Labute approximate surface area is 422 Å². The van der Waals surface area contributed by atoms with Gasteiger partial charge in [-0.25, -0.2) is 4.67 Å². The van der Waals surface area contributed by atoms with E-state index < -0.39 is 64.8 Å². The van der Waals surface area contributed by atoms with Crippen molar-refractivity contribution in [3.05, 3.63) is 95.6 Å². The number of amidine groups is 1. The number of rotatable bonds is 24. The van der Waals surface area contributed by atoms with Gasteiger partial charge in [0, 0.05) is 19.0 Å². The van der Waals surface area contributed by atoms with Crippen LogP contribution in [0.15, 0.2) is 93.8 Å². The van der Waals surface area contributed by atoms with Gasteiger partial charge in [-0.2, -0.15) is 15.2 Å². The van der Waals surface area contributed by atoms with E-state index in [4.69, 9.17) is 37.2 Å². The van der Waals surface area contributed by atoms with Gasteiger partial charge in [0.05, 0.1) is 46.3 Å². The highest BCUT2D eigenvalue weighted by atomic mass is 31.2. The molecule has 0 bridgehead atoms. The average Bonchev–Trinajstić information content (AvgIpc) is 3.91. The zero-order valence-electron chi connectivity index (χ0n) is 43.4. The molecule has 19 heteroatoms. The monoisotopic (exact) mass is 1010 g/mol. The van der Waals surface area contributed by atoms with Gasteiger partial charge in [0.25, 0.3) is 14.4 Å². The van der Waals surface area contributed by atoms with Crippen molar-refractivity contribution in [1.29, 1.82) is 5.26 Å². The summed E-state index contributed by atoms with van der Waals surface area (Å²) in [6, 6.07) is 26.5. The van der Waals surface area contributed by atoms with Crippen LogP contribution in [0.25, 0.3) is 0 Å². The van der Waals surface area contributed by atoms with Crippen LogP contribution in [0.5, 0.6) is 11.5 Å². The second kappa shape index (κ2) is 24.7. The summed E-state index contributed by atoms with van der Waals surface area (Å²) in [6.45, 7) is 22.8. The van der Waals surface area contributed by atoms with Gasteiger partial charge in [0.1, 0.15) is 42.2 Å².